The smallest absolute Gasteiger partial charge is 0.157 e. The second kappa shape index (κ2) is 5.93. The molecule has 0 saturated carbocycles. The number of nitrogens with one attached hydrogen (secondary N) is 1. The molecule has 0 saturated heterocycles. The highest BCUT2D eigenvalue weighted by molar-refractivity contribution is 6.30. The quantitative estimate of drug-likeness (QED) is 0.578. The molecular weight excluding hydrogens is 334 g/mol. The van der Waals surface area contributed by atoms with Gasteiger partial charge in [-0.3, -0.25) is 0 Å². The van der Waals surface area contributed by atoms with E-state index in [-0.39, 0.29) is 0 Å². The van der Waals surface area contributed by atoms with E-state index in [4.69, 9.17) is 16.6 Å². The summed E-state index contributed by atoms with van der Waals surface area (Å²) in [7, 11) is 2.01. The molecule has 1 aromatic carbocycles. The van der Waals surface area contributed by atoms with Crippen LogP contribution in [-0.4, -0.2) is 19.3 Å². The fourth-order valence-corrected chi connectivity index (χ4v) is 3.16. The van der Waals surface area contributed by atoms with Crippen molar-refractivity contribution in [2.24, 2.45) is 7.05 Å². The molecule has 3 aromatic heterocycles. The van der Waals surface area contributed by atoms with Gasteiger partial charge in [0.05, 0.1) is 11.2 Å². The lowest BCUT2D eigenvalue weighted by Gasteiger charge is -2.12. The summed E-state index contributed by atoms with van der Waals surface area (Å²) in [5, 5.41) is 9.78. The molecule has 0 aliphatic rings. The van der Waals surface area contributed by atoms with Crippen LogP contribution in [0.2, 0.25) is 5.02 Å². The van der Waals surface area contributed by atoms with Gasteiger partial charge in [-0.25, -0.2) is 9.67 Å². The Morgan fingerprint density at radius 1 is 1.04 bits per heavy atom. The summed E-state index contributed by atoms with van der Waals surface area (Å²) in [6, 6.07) is 13.8. The second-order valence-corrected chi connectivity index (χ2v) is 6.60. The van der Waals surface area contributed by atoms with Crippen LogP contribution in [0.15, 0.2) is 48.7 Å². The fraction of sp³-hybridized carbons (Fsp3) is 0.158. The molecule has 3 heterocycles. The average molecular weight is 352 g/mol. The molecule has 0 atom stereocenters. The molecule has 0 radical (unpaired) electrons. The van der Waals surface area contributed by atoms with Gasteiger partial charge in [0.15, 0.2) is 11.6 Å². The van der Waals surface area contributed by atoms with Gasteiger partial charge in [0.25, 0.3) is 0 Å². The first kappa shape index (κ1) is 15.7. The molecule has 0 unspecified atom stereocenters. The minimum absolute atomic E-state index is 0.707. The van der Waals surface area contributed by atoms with Crippen LogP contribution in [0.1, 0.15) is 11.4 Å². The minimum Gasteiger partial charge on any atom is -0.348 e. The lowest BCUT2D eigenvalue weighted by molar-refractivity contribution is 0.808. The maximum Gasteiger partial charge on any atom is 0.157 e. The first-order chi connectivity index (χ1) is 12.0. The van der Waals surface area contributed by atoms with Crippen molar-refractivity contribution in [1.82, 2.24) is 19.3 Å². The van der Waals surface area contributed by atoms with Crippen LogP contribution < -0.4 is 5.32 Å². The number of fused-ring (bicyclic) bond motifs is 1. The standard InChI is InChI=1S/C19H18ClN5/c1-12-10-13(2)25(23-12)17-11-14-8-9-24(3)18(14)19(22-17)21-16-6-4-15(20)5-7-16/h4-11H,1-3H3,(H,21,22). The van der Waals surface area contributed by atoms with Gasteiger partial charge in [-0.2, -0.15) is 5.10 Å². The third-order valence-electron chi connectivity index (χ3n) is 4.17. The summed E-state index contributed by atoms with van der Waals surface area (Å²) in [6.07, 6.45) is 2.03. The maximum absolute atomic E-state index is 5.98. The minimum atomic E-state index is 0.707. The zero-order chi connectivity index (χ0) is 17.6. The predicted octanol–water partition coefficient (Wildman–Crippen LogP) is 4.77. The Morgan fingerprint density at radius 2 is 1.80 bits per heavy atom. The summed E-state index contributed by atoms with van der Waals surface area (Å²) < 4.78 is 3.93. The van der Waals surface area contributed by atoms with E-state index in [1.54, 1.807) is 0 Å². The van der Waals surface area contributed by atoms with Crippen LogP contribution in [0.25, 0.3) is 16.7 Å². The highest BCUT2D eigenvalue weighted by Gasteiger charge is 2.13. The molecule has 5 nitrogen and oxygen atoms in total. The summed E-state index contributed by atoms with van der Waals surface area (Å²) in [5.41, 5.74) is 4.00. The highest BCUT2D eigenvalue weighted by Crippen LogP contribution is 2.28. The first-order valence-electron chi connectivity index (χ1n) is 8.03. The molecule has 0 spiro atoms. The van der Waals surface area contributed by atoms with Gasteiger partial charge < -0.3 is 9.88 Å². The average Bonchev–Trinajstić information content (AvgIpc) is 3.12. The number of aryl methyl sites for hydroxylation is 3. The van der Waals surface area contributed by atoms with Gasteiger partial charge in [0.1, 0.15) is 0 Å². The molecule has 0 aliphatic heterocycles. The number of halogens is 1. The van der Waals surface area contributed by atoms with Crippen molar-refractivity contribution in [2.75, 3.05) is 5.32 Å². The Balaban J connectivity index is 1.87. The van der Waals surface area contributed by atoms with Crippen LogP contribution >= 0.6 is 11.6 Å². The van der Waals surface area contributed by atoms with Crippen LogP contribution in [-0.2, 0) is 7.05 Å². The number of hydrogen-bond acceptors (Lipinski definition) is 3. The Bertz CT molecular complexity index is 1060. The molecule has 6 heteroatoms. The topological polar surface area (TPSA) is 47.7 Å². The van der Waals surface area contributed by atoms with Crippen molar-refractivity contribution in [3.05, 3.63) is 65.1 Å². The Morgan fingerprint density at radius 3 is 2.48 bits per heavy atom. The number of nitrogens with zero attached hydrogens (tertiary/aromatic N) is 4. The van der Waals surface area contributed by atoms with Gasteiger partial charge in [0, 0.05) is 35.0 Å². The van der Waals surface area contributed by atoms with Crippen LogP contribution in [0, 0.1) is 13.8 Å². The van der Waals surface area contributed by atoms with Gasteiger partial charge in [-0.15, -0.1) is 0 Å². The second-order valence-electron chi connectivity index (χ2n) is 6.16. The van der Waals surface area contributed by atoms with Crippen LogP contribution in [0.5, 0.6) is 0 Å². The summed E-state index contributed by atoms with van der Waals surface area (Å²) in [5.74, 6) is 1.58. The van der Waals surface area contributed by atoms with Crippen LogP contribution in [0.3, 0.4) is 0 Å². The molecule has 1 N–H and O–H groups in total. The summed E-state index contributed by atoms with van der Waals surface area (Å²) in [6.45, 7) is 4.01. The van der Waals surface area contributed by atoms with Crippen molar-refractivity contribution < 1.29 is 0 Å². The van der Waals surface area contributed by atoms with E-state index < -0.39 is 0 Å². The molecule has 0 aliphatic carbocycles. The molecule has 0 fully saturated rings. The third-order valence-corrected chi connectivity index (χ3v) is 4.42. The molecule has 4 rings (SSSR count). The predicted molar refractivity (Wildman–Crippen MR) is 102 cm³/mol. The Kier molecular flexibility index (Phi) is 3.73. The number of hydrogen-bond donors (Lipinski definition) is 1. The van der Waals surface area contributed by atoms with Gasteiger partial charge in [-0.1, -0.05) is 11.6 Å². The molecule has 126 valence electrons. The molecule has 0 bridgehead atoms. The van der Waals surface area contributed by atoms with Gasteiger partial charge in [-0.05, 0) is 56.3 Å². The SMILES string of the molecule is Cc1cc(C)n(-c2cc3ccn(C)c3c(Nc3ccc(Cl)cc3)n2)n1. The van der Waals surface area contributed by atoms with E-state index in [1.807, 2.05) is 62.1 Å². The zero-order valence-corrected chi connectivity index (χ0v) is 15.0. The lowest BCUT2D eigenvalue weighted by Crippen LogP contribution is -2.05. The normalized spacial score (nSPS) is 11.2. The molecule has 0 amide bonds. The number of rotatable bonds is 3. The molecule has 4 aromatic rings. The van der Waals surface area contributed by atoms with E-state index >= 15 is 0 Å². The van der Waals surface area contributed by atoms with E-state index in [0.717, 1.165) is 39.6 Å². The number of aromatic nitrogens is 4. The Hall–Kier alpha value is -2.79. The van der Waals surface area contributed by atoms with Crippen molar-refractivity contribution in [3.8, 4) is 5.82 Å². The number of anilines is 2. The first-order valence-corrected chi connectivity index (χ1v) is 8.41. The van der Waals surface area contributed by atoms with E-state index in [0.29, 0.717) is 5.02 Å². The van der Waals surface area contributed by atoms with Crippen molar-refractivity contribution in [1.29, 1.82) is 0 Å². The van der Waals surface area contributed by atoms with Crippen molar-refractivity contribution in [3.63, 3.8) is 0 Å². The van der Waals surface area contributed by atoms with E-state index in [9.17, 15) is 0 Å². The summed E-state index contributed by atoms with van der Waals surface area (Å²) >= 11 is 5.98. The number of pyridine rings is 1. The lowest BCUT2D eigenvalue weighted by atomic mass is 10.2. The van der Waals surface area contributed by atoms with Crippen LogP contribution in [0.4, 0.5) is 11.5 Å². The molecular formula is C19H18ClN5. The molecule has 25 heavy (non-hydrogen) atoms. The number of benzene rings is 1. The monoisotopic (exact) mass is 351 g/mol. The highest BCUT2D eigenvalue weighted by atomic mass is 35.5. The Labute approximate surface area is 150 Å². The fourth-order valence-electron chi connectivity index (χ4n) is 3.03. The van der Waals surface area contributed by atoms with E-state index in [1.165, 1.54) is 0 Å². The van der Waals surface area contributed by atoms with Crippen molar-refractivity contribution in [2.45, 2.75) is 13.8 Å². The van der Waals surface area contributed by atoms with Gasteiger partial charge in [0.2, 0.25) is 0 Å². The third kappa shape index (κ3) is 2.87. The van der Waals surface area contributed by atoms with E-state index in [2.05, 4.69) is 27.1 Å². The van der Waals surface area contributed by atoms with Gasteiger partial charge >= 0.3 is 0 Å². The van der Waals surface area contributed by atoms with Crippen molar-refractivity contribution >= 4 is 34.0 Å². The zero-order valence-electron chi connectivity index (χ0n) is 14.3. The summed E-state index contributed by atoms with van der Waals surface area (Å²) in [4.78, 5) is 4.83. The largest absolute Gasteiger partial charge is 0.348 e. The maximum atomic E-state index is 5.98.